The lowest BCUT2D eigenvalue weighted by Gasteiger charge is -2.20. The number of benzene rings is 2. The minimum atomic E-state index is 0.204. The number of rotatable bonds is 6. The van der Waals surface area contributed by atoms with Crippen molar-refractivity contribution in [1.82, 2.24) is 5.32 Å². The molecule has 0 bridgehead atoms. The van der Waals surface area contributed by atoms with Crippen molar-refractivity contribution in [3.8, 4) is 5.75 Å². The molecule has 0 amide bonds. The molecule has 2 nitrogen and oxygen atoms in total. The summed E-state index contributed by atoms with van der Waals surface area (Å²) in [5.41, 5.74) is 5.16. The number of likely N-dealkylation sites (N-methyl/N-ethyl adjacent to an activating group) is 1. The lowest BCUT2D eigenvalue weighted by molar-refractivity contribution is 0.270. The van der Waals surface area contributed by atoms with Crippen LogP contribution in [0.2, 0.25) is 0 Å². The Morgan fingerprint density at radius 2 is 1.86 bits per heavy atom. The molecule has 2 aromatic rings. The second-order valence-electron chi connectivity index (χ2n) is 5.47. The predicted octanol–water partition coefficient (Wildman–Crippen LogP) is 4.21. The fourth-order valence-corrected chi connectivity index (χ4v) is 2.66. The van der Waals surface area contributed by atoms with Gasteiger partial charge in [0.05, 0.1) is 6.04 Å². The zero-order valence-corrected chi connectivity index (χ0v) is 13.4. The van der Waals surface area contributed by atoms with Crippen molar-refractivity contribution in [3.63, 3.8) is 0 Å². The summed E-state index contributed by atoms with van der Waals surface area (Å²) in [7, 11) is 1.99. The Morgan fingerprint density at radius 3 is 2.52 bits per heavy atom. The zero-order valence-electron chi connectivity index (χ0n) is 13.4. The van der Waals surface area contributed by atoms with Crippen LogP contribution in [0.25, 0.3) is 0 Å². The molecule has 0 aliphatic heterocycles. The van der Waals surface area contributed by atoms with Crippen LogP contribution in [0.4, 0.5) is 0 Å². The topological polar surface area (TPSA) is 21.3 Å². The van der Waals surface area contributed by atoms with Gasteiger partial charge in [0.1, 0.15) is 12.4 Å². The van der Waals surface area contributed by atoms with Crippen LogP contribution in [-0.2, 0) is 6.42 Å². The van der Waals surface area contributed by atoms with Gasteiger partial charge in [-0.05, 0) is 50.1 Å². The van der Waals surface area contributed by atoms with Gasteiger partial charge in [0.15, 0.2) is 0 Å². The third kappa shape index (κ3) is 3.85. The fourth-order valence-electron chi connectivity index (χ4n) is 2.66. The van der Waals surface area contributed by atoms with Gasteiger partial charge < -0.3 is 10.1 Å². The molecule has 2 heteroatoms. The highest BCUT2D eigenvalue weighted by atomic mass is 16.5. The summed E-state index contributed by atoms with van der Waals surface area (Å²) in [5.74, 6) is 0.991. The molecule has 2 rings (SSSR count). The summed E-state index contributed by atoms with van der Waals surface area (Å²) in [5, 5.41) is 3.36. The first kappa shape index (κ1) is 15.6. The molecule has 0 aromatic heterocycles. The van der Waals surface area contributed by atoms with Gasteiger partial charge >= 0.3 is 0 Å². The van der Waals surface area contributed by atoms with E-state index >= 15 is 0 Å². The van der Waals surface area contributed by atoms with Crippen molar-refractivity contribution < 1.29 is 4.74 Å². The van der Waals surface area contributed by atoms with Gasteiger partial charge in [-0.1, -0.05) is 48.9 Å². The Hall–Kier alpha value is -1.80. The maximum absolute atomic E-state index is 6.06. The molecular weight excluding hydrogens is 258 g/mol. The molecular formula is C19H25NO. The van der Waals surface area contributed by atoms with E-state index in [9.17, 15) is 0 Å². The maximum Gasteiger partial charge on any atom is 0.122 e. The summed E-state index contributed by atoms with van der Waals surface area (Å²) in [6, 6.07) is 15.0. The predicted molar refractivity (Wildman–Crippen MR) is 89.0 cm³/mol. The van der Waals surface area contributed by atoms with E-state index in [2.05, 4.69) is 56.4 Å². The van der Waals surface area contributed by atoms with E-state index in [-0.39, 0.29) is 6.04 Å². The lowest BCUT2D eigenvalue weighted by Crippen LogP contribution is -2.24. The number of ether oxygens (including phenoxy) is 1. The number of nitrogens with one attached hydrogen (secondary N) is 1. The largest absolute Gasteiger partial charge is 0.491 e. The molecule has 2 aromatic carbocycles. The first-order valence-corrected chi connectivity index (χ1v) is 7.60. The minimum Gasteiger partial charge on any atom is -0.491 e. The second-order valence-corrected chi connectivity index (χ2v) is 5.47. The minimum absolute atomic E-state index is 0.204. The molecule has 0 heterocycles. The van der Waals surface area contributed by atoms with E-state index in [0.29, 0.717) is 6.61 Å². The lowest BCUT2D eigenvalue weighted by atomic mass is 10.00. The van der Waals surface area contributed by atoms with Gasteiger partial charge in [0.2, 0.25) is 0 Å². The molecule has 0 aliphatic carbocycles. The van der Waals surface area contributed by atoms with Crippen molar-refractivity contribution in [2.45, 2.75) is 33.2 Å². The molecule has 0 radical (unpaired) electrons. The Bertz CT molecular complexity index is 592. The average molecular weight is 283 g/mol. The van der Waals surface area contributed by atoms with E-state index in [1.807, 2.05) is 19.2 Å². The van der Waals surface area contributed by atoms with E-state index in [1.165, 1.54) is 22.3 Å². The summed E-state index contributed by atoms with van der Waals surface area (Å²) < 4.78 is 6.06. The van der Waals surface area contributed by atoms with Gasteiger partial charge in [-0.2, -0.15) is 0 Å². The quantitative estimate of drug-likeness (QED) is 0.857. The van der Waals surface area contributed by atoms with Gasteiger partial charge in [0, 0.05) is 0 Å². The molecule has 1 unspecified atom stereocenters. The fraction of sp³-hybridized carbons (Fsp3) is 0.368. The van der Waals surface area contributed by atoms with E-state index in [4.69, 9.17) is 4.74 Å². The number of hydrogen-bond acceptors (Lipinski definition) is 2. The van der Waals surface area contributed by atoms with Crippen LogP contribution in [0.1, 0.15) is 35.2 Å². The smallest absolute Gasteiger partial charge is 0.122 e. The summed E-state index contributed by atoms with van der Waals surface area (Å²) in [6.45, 7) is 7.07. The van der Waals surface area contributed by atoms with Crippen molar-refractivity contribution in [2.24, 2.45) is 0 Å². The van der Waals surface area contributed by atoms with Crippen molar-refractivity contribution in [2.75, 3.05) is 13.7 Å². The molecule has 112 valence electrons. The highest BCUT2D eigenvalue weighted by Gasteiger charge is 2.13. The van der Waals surface area contributed by atoms with E-state index < -0.39 is 0 Å². The third-order valence-electron chi connectivity index (χ3n) is 3.91. The molecule has 21 heavy (non-hydrogen) atoms. The number of hydrogen-bond donors (Lipinski definition) is 1. The number of para-hydroxylation sites is 1. The average Bonchev–Trinajstić information content (AvgIpc) is 2.50. The highest BCUT2D eigenvalue weighted by molar-refractivity contribution is 5.35. The second kappa shape index (κ2) is 7.28. The van der Waals surface area contributed by atoms with Crippen molar-refractivity contribution >= 4 is 0 Å². The van der Waals surface area contributed by atoms with Crippen molar-refractivity contribution in [3.05, 3.63) is 64.7 Å². The Balaban J connectivity index is 2.12. The van der Waals surface area contributed by atoms with Gasteiger partial charge in [0.25, 0.3) is 0 Å². The third-order valence-corrected chi connectivity index (χ3v) is 3.91. The standard InChI is InChI=1S/C19H25NO/c1-5-16-8-6-7-9-19(16)21-13-18(20-4)17-11-10-14(2)12-15(17)3/h6-12,18,20H,5,13H2,1-4H3. The molecule has 1 N–H and O–H groups in total. The van der Waals surface area contributed by atoms with Gasteiger partial charge in [-0.3, -0.25) is 0 Å². The van der Waals surface area contributed by atoms with E-state index in [0.717, 1.165) is 12.2 Å². The normalized spacial score (nSPS) is 12.2. The molecule has 0 spiro atoms. The van der Waals surface area contributed by atoms with E-state index in [1.54, 1.807) is 0 Å². The van der Waals surface area contributed by atoms with Crippen LogP contribution in [0.15, 0.2) is 42.5 Å². The highest BCUT2D eigenvalue weighted by Crippen LogP contribution is 2.23. The molecule has 0 saturated heterocycles. The Morgan fingerprint density at radius 1 is 1.10 bits per heavy atom. The molecule has 0 aliphatic rings. The number of aryl methyl sites for hydroxylation is 3. The van der Waals surface area contributed by atoms with Gasteiger partial charge in [-0.15, -0.1) is 0 Å². The van der Waals surface area contributed by atoms with Crippen molar-refractivity contribution in [1.29, 1.82) is 0 Å². The molecule has 0 saturated carbocycles. The molecule has 0 fully saturated rings. The van der Waals surface area contributed by atoms with Crippen LogP contribution in [0, 0.1) is 13.8 Å². The Kier molecular flexibility index (Phi) is 5.40. The van der Waals surface area contributed by atoms with Crippen LogP contribution >= 0.6 is 0 Å². The first-order chi connectivity index (χ1) is 10.2. The molecule has 1 atom stereocenters. The monoisotopic (exact) mass is 283 g/mol. The van der Waals surface area contributed by atoms with Crippen LogP contribution < -0.4 is 10.1 Å². The summed E-state index contributed by atoms with van der Waals surface area (Å²) in [4.78, 5) is 0. The SMILES string of the molecule is CCc1ccccc1OCC(NC)c1ccc(C)cc1C. The summed E-state index contributed by atoms with van der Waals surface area (Å²) in [6.07, 6.45) is 0.990. The van der Waals surface area contributed by atoms with Gasteiger partial charge in [-0.25, -0.2) is 0 Å². The zero-order chi connectivity index (χ0) is 15.2. The summed E-state index contributed by atoms with van der Waals surface area (Å²) >= 11 is 0. The van der Waals surface area contributed by atoms with Crippen LogP contribution in [0.5, 0.6) is 5.75 Å². The first-order valence-electron chi connectivity index (χ1n) is 7.60. The van der Waals surface area contributed by atoms with Crippen LogP contribution in [-0.4, -0.2) is 13.7 Å². The maximum atomic E-state index is 6.06. The van der Waals surface area contributed by atoms with Crippen LogP contribution in [0.3, 0.4) is 0 Å². The Labute approximate surface area is 128 Å².